The fourth-order valence-electron chi connectivity index (χ4n) is 3.04. The number of carbonyl (C=O) groups is 1. The van der Waals surface area contributed by atoms with Crippen LogP contribution >= 0.6 is 0 Å². The molecule has 0 saturated carbocycles. The molecule has 1 amide bonds. The molecule has 4 aromatic rings. The molecule has 3 heterocycles. The van der Waals surface area contributed by atoms with Crippen molar-refractivity contribution < 1.29 is 9.32 Å². The van der Waals surface area contributed by atoms with E-state index in [0.717, 1.165) is 33.5 Å². The summed E-state index contributed by atoms with van der Waals surface area (Å²) >= 11 is 0. The summed E-state index contributed by atoms with van der Waals surface area (Å²) < 4.78 is 5.29. The minimum absolute atomic E-state index is 0.162. The molecule has 4 rings (SSSR count). The van der Waals surface area contributed by atoms with Crippen molar-refractivity contribution in [2.45, 2.75) is 32.6 Å². The van der Waals surface area contributed by atoms with Crippen LogP contribution in [0.2, 0.25) is 0 Å². The average Bonchev–Trinajstić information content (AvgIpc) is 3.30. The SMILES string of the molecule is CC(C)(C)c1cc(NC(=O)Cc2ccc(-c3n[nH]c4ccnc(N)c34)cc2)no1. The molecule has 3 aromatic heterocycles. The van der Waals surface area contributed by atoms with E-state index in [1.54, 1.807) is 12.3 Å². The Morgan fingerprint density at radius 3 is 2.66 bits per heavy atom. The number of nitrogens with two attached hydrogens (primary N) is 1. The number of fused-ring (bicyclic) bond motifs is 1. The third kappa shape index (κ3) is 3.82. The number of carbonyl (C=O) groups excluding carboxylic acids is 1. The predicted octanol–water partition coefficient (Wildman–Crippen LogP) is 3.67. The lowest BCUT2D eigenvalue weighted by Crippen LogP contribution is -2.14. The molecule has 4 N–H and O–H groups in total. The van der Waals surface area contributed by atoms with E-state index in [2.05, 4.69) is 25.7 Å². The number of H-pyrrole nitrogens is 1. The highest BCUT2D eigenvalue weighted by Gasteiger charge is 2.20. The van der Waals surface area contributed by atoms with Gasteiger partial charge in [-0.05, 0) is 11.6 Å². The Balaban J connectivity index is 1.47. The molecule has 1 aromatic carbocycles. The van der Waals surface area contributed by atoms with Gasteiger partial charge in [0.1, 0.15) is 17.3 Å². The number of pyridine rings is 1. The smallest absolute Gasteiger partial charge is 0.230 e. The highest BCUT2D eigenvalue weighted by Crippen LogP contribution is 2.29. The van der Waals surface area contributed by atoms with E-state index < -0.39 is 0 Å². The summed E-state index contributed by atoms with van der Waals surface area (Å²) in [5.74, 6) is 1.40. The van der Waals surface area contributed by atoms with Crippen LogP contribution in [0.4, 0.5) is 11.6 Å². The van der Waals surface area contributed by atoms with Crippen molar-refractivity contribution in [3.8, 4) is 11.3 Å². The molecule has 0 spiro atoms. The van der Waals surface area contributed by atoms with Crippen LogP contribution in [0.15, 0.2) is 47.1 Å². The number of aromatic amines is 1. The minimum Gasteiger partial charge on any atom is -0.383 e. The van der Waals surface area contributed by atoms with Gasteiger partial charge in [0.05, 0.1) is 17.3 Å². The van der Waals surface area contributed by atoms with Crippen LogP contribution in [0, 0.1) is 0 Å². The summed E-state index contributed by atoms with van der Waals surface area (Å²) in [5, 5.41) is 14.8. The summed E-state index contributed by atoms with van der Waals surface area (Å²) in [7, 11) is 0. The molecule has 0 fully saturated rings. The fourth-order valence-corrected chi connectivity index (χ4v) is 3.04. The lowest BCUT2D eigenvalue weighted by molar-refractivity contribution is -0.115. The van der Waals surface area contributed by atoms with Crippen molar-refractivity contribution in [1.29, 1.82) is 0 Å². The van der Waals surface area contributed by atoms with E-state index in [1.165, 1.54) is 0 Å². The van der Waals surface area contributed by atoms with Crippen molar-refractivity contribution in [2.75, 3.05) is 11.1 Å². The lowest BCUT2D eigenvalue weighted by Gasteiger charge is -2.12. The first kappa shape index (κ1) is 18.7. The Morgan fingerprint density at radius 2 is 1.97 bits per heavy atom. The van der Waals surface area contributed by atoms with Gasteiger partial charge >= 0.3 is 0 Å². The van der Waals surface area contributed by atoms with Gasteiger partial charge in [-0.2, -0.15) is 5.10 Å². The van der Waals surface area contributed by atoms with E-state index >= 15 is 0 Å². The van der Waals surface area contributed by atoms with Crippen molar-refractivity contribution >= 4 is 28.4 Å². The van der Waals surface area contributed by atoms with Crippen LogP contribution in [0.25, 0.3) is 22.2 Å². The number of aromatic nitrogens is 4. The molecule has 0 aliphatic rings. The maximum absolute atomic E-state index is 12.3. The molecule has 0 radical (unpaired) electrons. The molecule has 148 valence electrons. The van der Waals surface area contributed by atoms with Crippen LogP contribution in [0.3, 0.4) is 0 Å². The second kappa shape index (κ2) is 7.05. The van der Waals surface area contributed by atoms with Gasteiger partial charge in [0.25, 0.3) is 0 Å². The summed E-state index contributed by atoms with van der Waals surface area (Å²) in [6, 6.07) is 11.2. The average molecular weight is 390 g/mol. The lowest BCUT2D eigenvalue weighted by atomic mass is 9.93. The van der Waals surface area contributed by atoms with Crippen molar-refractivity contribution in [3.05, 3.63) is 53.9 Å². The molecule has 0 aliphatic carbocycles. The number of nitrogens with one attached hydrogen (secondary N) is 2. The Morgan fingerprint density at radius 1 is 1.21 bits per heavy atom. The summed E-state index contributed by atoms with van der Waals surface area (Å²) in [6.45, 7) is 6.06. The molecule has 0 bridgehead atoms. The van der Waals surface area contributed by atoms with Crippen LogP contribution in [0.5, 0.6) is 0 Å². The Labute approximate surface area is 167 Å². The molecular formula is C21H22N6O2. The third-order valence-corrected chi connectivity index (χ3v) is 4.61. The van der Waals surface area contributed by atoms with Crippen molar-refractivity contribution in [3.63, 3.8) is 0 Å². The number of nitrogens with zero attached hydrogens (tertiary/aromatic N) is 3. The van der Waals surface area contributed by atoms with E-state index in [0.29, 0.717) is 11.6 Å². The van der Waals surface area contributed by atoms with Crippen LogP contribution < -0.4 is 11.1 Å². The topological polar surface area (TPSA) is 123 Å². The number of amides is 1. The maximum Gasteiger partial charge on any atom is 0.230 e. The molecule has 8 heteroatoms. The molecular weight excluding hydrogens is 368 g/mol. The largest absolute Gasteiger partial charge is 0.383 e. The zero-order valence-corrected chi connectivity index (χ0v) is 16.5. The Bertz CT molecular complexity index is 1170. The molecule has 0 unspecified atom stereocenters. The Hall–Kier alpha value is -3.68. The van der Waals surface area contributed by atoms with Gasteiger partial charge in [0.2, 0.25) is 5.91 Å². The number of hydrogen-bond donors (Lipinski definition) is 3. The van der Waals surface area contributed by atoms with Gasteiger partial charge in [-0.3, -0.25) is 9.89 Å². The molecule has 29 heavy (non-hydrogen) atoms. The van der Waals surface area contributed by atoms with Gasteiger partial charge in [0.15, 0.2) is 5.82 Å². The standard InChI is InChI=1S/C21H22N6O2/c1-21(2,3)15-11-16(27-29-15)24-17(28)10-12-4-6-13(7-5-12)19-18-14(25-26-19)8-9-23-20(18)22/h4-9,11H,10H2,1-3H3,(H2,22,23)(H,25,26)(H,24,27,28). The van der Waals surface area contributed by atoms with Gasteiger partial charge in [0, 0.05) is 23.2 Å². The molecule has 0 aliphatic heterocycles. The van der Waals surface area contributed by atoms with Gasteiger partial charge in [-0.1, -0.05) is 50.2 Å². The normalized spacial score (nSPS) is 11.7. The fraction of sp³-hybridized carbons (Fsp3) is 0.238. The quantitative estimate of drug-likeness (QED) is 0.488. The predicted molar refractivity (Wildman–Crippen MR) is 111 cm³/mol. The zero-order valence-electron chi connectivity index (χ0n) is 16.5. The van der Waals surface area contributed by atoms with E-state index in [4.69, 9.17) is 10.3 Å². The number of rotatable bonds is 4. The highest BCUT2D eigenvalue weighted by molar-refractivity contribution is 5.99. The summed E-state index contributed by atoms with van der Waals surface area (Å²) in [5.41, 5.74) is 9.17. The van der Waals surface area contributed by atoms with E-state index in [9.17, 15) is 4.79 Å². The molecule has 0 saturated heterocycles. The first-order valence-corrected chi connectivity index (χ1v) is 9.26. The van der Waals surface area contributed by atoms with Gasteiger partial charge < -0.3 is 15.6 Å². The van der Waals surface area contributed by atoms with Crippen LogP contribution in [-0.4, -0.2) is 26.2 Å². The number of anilines is 2. The summed E-state index contributed by atoms with van der Waals surface area (Å²) in [6.07, 6.45) is 1.86. The molecule has 8 nitrogen and oxygen atoms in total. The van der Waals surface area contributed by atoms with E-state index in [-0.39, 0.29) is 17.7 Å². The molecule has 0 atom stereocenters. The number of benzene rings is 1. The third-order valence-electron chi connectivity index (χ3n) is 4.61. The zero-order chi connectivity index (χ0) is 20.6. The van der Waals surface area contributed by atoms with E-state index in [1.807, 2.05) is 51.1 Å². The maximum atomic E-state index is 12.3. The number of nitrogen functional groups attached to an aromatic ring is 1. The van der Waals surface area contributed by atoms with Crippen molar-refractivity contribution in [2.24, 2.45) is 0 Å². The first-order chi connectivity index (χ1) is 13.8. The van der Waals surface area contributed by atoms with Crippen molar-refractivity contribution in [1.82, 2.24) is 20.3 Å². The Kier molecular flexibility index (Phi) is 4.54. The minimum atomic E-state index is -0.166. The van der Waals surface area contributed by atoms with Gasteiger partial charge in [-0.25, -0.2) is 4.98 Å². The second-order valence-electron chi connectivity index (χ2n) is 7.94. The van der Waals surface area contributed by atoms with Crippen LogP contribution in [-0.2, 0) is 16.6 Å². The van der Waals surface area contributed by atoms with Crippen LogP contribution in [0.1, 0.15) is 32.1 Å². The monoisotopic (exact) mass is 390 g/mol. The summed E-state index contributed by atoms with van der Waals surface area (Å²) in [4.78, 5) is 16.5. The highest BCUT2D eigenvalue weighted by atomic mass is 16.5. The first-order valence-electron chi connectivity index (χ1n) is 9.26. The van der Waals surface area contributed by atoms with Gasteiger partial charge in [-0.15, -0.1) is 0 Å². The second-order valence-corrected chi connectivity index (χ2v) is 7.94. The number of hydrogen-bond acceptors (Lipinski definition) is 6.